The molecule has 0 radical (unpaired) electrons. The maximum atomic E-state index is 9.56. The Morgan fingerprint density at radius 3 is 2.65 bits per heavy atom. The largest absolute Gasteiger partial charge is 0.508 e. The number of aryl methyl sites for hydroxylation is 1. The van der Waals surface area contributed by atoms with Gasteiger partial charge in [0.2, 0.25) is 0 Å². The summed E-state index contributed by atoms with van der Waals surface area (Å²) in [5.41, 5.74) is 2.45. The van der Waals surface area contributed by atoms with Crippen LogP contribution in [-0.2, 0) is 6.42 Å². The molecule has 17 heavy (non-hydrogen) atoms. The maximum Gasteiger partial charge on any atom is 0.115 e. The molecule has 0 aromatic heterocycles. The minimum atomic E-state index is 0.240. The lowest BCUT2D eigenvalue weighted by molar-refractivity contribution is 0.250. The molecular weight excluding hydrogens is 210 g/mol. The third-order valence-electron chi connectivity index (χ3n) is 3.21. The van der Waals surface area contributed by atoms with Gasteiger partial charge >= 0.3 is 0 Å². The van der Waals surface area contributed by atoms with Gasteiger partial charge in [0.15, 0.2) is 0 Å². The monoisotopic (exact) mass is 225 g/mol. The van der Waals surface area contributed by atoms with Gasteiger partial charge in [0.25, 0.3) is 0 Å². The molecule has 2 nitrogen and oxygen atoms in total. The van der Waals surface area contributed by atoms with E-state index in [0.717, 1.165) is 18.4 Å². The molecule has 1 aromatic rings. The first-order chi connectivity index (χ1) is 8.26. The van der Waals surface area contributed by atoms with Crippen LogP contribution in [-0.4, -0.2) is 23.1 Å². The van der Waals surface area contributed by atoms with Gasteiger partial charge in [0.1, 0.15) is 5.75 Å². The van der Waals surface area contributed by atoms with E-state index in [0.29, 0.717) is 18.8 Å². The summed E-state index contributed by atoms with van der Waals surface area (Å²) >= 11 is 0. The summed E-state index contributed by atoms with van der Waals surface area (Å²) in [5, 5.41) is 9.56. The molecule has 2 heteroatoms. The molecule has 0 amide bonds. The summed E-state index contributed by atoms with van der Waals surface area (Å²) in [7, 11) is 0. The molecule has 0 saturated heterocycles. The van der Waals surface area contributed by atoms with Crippen molar-refractivity contribution in [1.29, 1.82) is 0 Å². The zero-order chi connectivity index (χ0) is 12.3. The molecule has 1 N–H and O–H groups in total. The summed E-state index contributed by atoms with van der Waals surface area (Å²) in [6, 6.07) is 5.78. The third kappa shape index (κ3) is 2.28. The van der Waals surface area contributed by atoms with Crippen molar-refractivity contribution >= 4 is 0 Å². The van der Waals surface area contributed by atoms with Crippen LogP contribution in [0.4, 0.5) is 0 Å². The number of hydrogen-bond donors (Lipinski definition) is 1. The number of phenolic OH excluding ortho intramolecular Hbond substituents is 1. The Kier molecular flexibility index (Phi) is 3.38. The lowest BCUT2D eigenvalue weighted by Gasteiger charge is -2.25. The summed E-state index contributed by atoms with van der Waals surface area (Å²) in [4.78, 5) is 2.10. The molecule has 1 aliphatic carbocycles. The number of fused-ring (bicyclic) bond motifs is 1. The van der Waals surface area contributed by atoms with E-state index in [1.807, 2.05) is 12.1 Å². The fourth-order valence-electron chi connectivity index (χ4n) is 2.46. The molecule has 1 atom stereocenters. The van der Waals surface area contributed by atoms with Crippen molar-refractivity contribution in [2.75, 3.05) is 13.1 Å². The normalized spacial score (nSPS) is 17.5. The Balaban J connectivity index is 2.28. The molecule has 0 fully saturated rings. The van der Waals surface area contributed by atoms with Crippen molar-refractivity contribution in [2.24, 2.45) is 0 Å². The van der Waals surface area contributed by atoms with Crippen LogP contribution in [0.5, 0.6) is 5.75 Å². The highest BCUT2D eigenvalue weighted by Crippen LogP contribution is 2.37. The summed E-state index contributed by atoms with van der Waals surface area (Å²) < 4.78 is 0. The highest BCUT2D eigenvalue weighted by Gasteiger charge is 2.27. The first kappa shape index (κ1) is 11.6. The van der Waals surface area contributed by atoms with E-state index in [1.54, 1.807) is 6.07 Å². The highest BCUT2D eigenvalue weighted by atomic mass is 16.3. The molecule has 0 saturated carbocycles. The highest BCUT2D eigenvalue weighted by molar-refractivity contribution is 5.40. The smallest absolute Gasteiger partial charge is 0.115 e. The summed E-state index contributed by atoms with van der Waals surface area (Å²) in [6.45, 7) is 1.09. The zero-order valence-corrected chi connectivity index (χ0v) is 9.69. The Labute approximate surface area is 102 Å². The van der Waals surface area contributed by atoms with E-state index in [1.165, 1.54) is 5.56 Å². The molecule has 2 rings (SSSR count). The van der Waals surface area contributed by atoms with Crippen molar-refractivity contribution in [2.45, 2.75) is 18.9 Å². The van der Waals surface area contributed by atoms with Crippen LogP contribution in [0.1, 0.15) is 23.6 Å². The minimum absolute atomic E-state index is 0.240. The minimum Gasteiger partial charge on any atom is -0.508 e. The lowest BCUT2D eigenvalue weighted by Crippen LogP contribution is -2.28. The number of rotatable bonds is 3. The topological polar surface area (TPSA) is 23.5 Å². The van der Waals surface area contributed by atoms with Gasteiger partial charge in [-0.15, -0.1) is 12.8 Å². The quantitative estimate of drug-likeness (QED) is 0.795. The molecule has 1 aromatic carbocycles. The van der Waals surface area contributed by atoms with Crippen LogP contribution in [0.15, 0.2) is 18.2 Å². The van der Waals surface area contributed by atoms with Gasteiger partial charge in [0.05, 0.1) is 13.1 Å². The summed E-state index contributed by atoms with van der Waals surface area (Å²) in [5.74, 6) is 5.59. The first-order valence-corrected chi connectivity index (χ1v) is 5.69. The molecule has 86 valence electrons. The van der Waals surface area contributed by atoms with Crippen molar-refractivity contribution in [3.05, 3.63) is 29.3 Å². The van der Waals surface area contributed by atoms with Gasteiger partial charge < -0.3 is 5.11 Å². The third-order valence-corrected chi connectivity index (χ3v) is 3.21. The molecule has 0 bridgehead atoms. The van der Waals surface area contributed by atoms with Gasteiger partial charge in [-0.05, 0) is 36.1 Å². The SMILES string of the molecule is C#CCN(CC#C)[C@@H]1CCc2ccc(O)cc21. The molecule has 0 aliphatic heterocycles. The predicted octanol–water partition coefficient (Wildman–Crippen LogP) is 1.95. The Hall–Kier alpha value is -1.90. The molecular formula is C15H15NO. The number of nitrogens with zero attached hydrogens (tertiary/aromatic N) is 1. The molecule has 1 aliphatic rings. The van der Waals surface area contributed by atoms with Crippen LogP contribution in [0.25, 0.3) is 0 Å². The fourth-order valence-corrected chi connectivity index (χ4v) is 2.46. The van der Waals surface area contributed by atoms with Crippen LogP contribution >= 0.6 is 0 Å². The van der Waals surface area contributed by atoms with Gasteiger partial charge in [-0.3, -0.25) is 4.90 Å². The van der Waals surface area contributed by atoms with Crippen LogP contribution in [0.2, 0.25) is 0 Å². The number of hydrogen-bond acceptors (Lipinski definition) is 2. The van der Waals surface area contributed by atoms with E-state index in [-0.39, 0.29) is 6.04 Å². The van der Waals surface area contributed by atoms with Gasteiger partial charge in [-0.2, -0.15) is 0 Å². The van der Waals surface area contributed by atoms with Crippen molar-refractivity contribution < 1.29 is 5.11 Å². The van der Waals surface area contributed by atoms with E-state index >= 15 is 0 Å². The Morgan fingerprint density at radius 1 is 1.29 bits per heavy atom. The first-order valence-electron chi connectivity index (χ1n) is 5.69. The van der Waals surface area contributed by atoms with Crippen LogP contribution in [0.3, 0.4) is 0 Å². The lowest BCUT2D eigenvalue weighted by atomic mass is 10.1. The zero-order valence-electron chi connectivity index (χ0n) is 9.69. The number of aromatic hydroxyl groups is 1. The van der Waals surface area contributed by atoms with E-state index in [9.17, 15) is 5.11 Å². The van der Waals surface area contributed by atoms with Crippen molar-refractivity contribution in [3.8, 4) is 30.4 Å². The van der Waals surface area contributed by atoms with E-state index in [4.69, 9.17) is 12.8 Å². The van der Waals surface area contributed by atoms with Crippen molar-refractivity contribution in [3.63, 3.8) is 0 Å². The maximum absolute atomic E-state index is 9.56. The second-order valence-corrected chi connectivity index (χ2v) is 4.25. The van der Waals surface area contributed by atoms with Crippen LogP contribution < -0.4 is 0 Å². The molecule has 0 heterocycles. The number of terminal acetylenes is 2. The fraction of sp³-hybridized carbons (Fsp3) is 0.333. The standard InChI is InChI=1S/C15H15NO/c1-3-9-16(10-4-2)15-8-6-12-5-7-13(17)11-14(12)15/h1-2,5,7,11,15,17H,6,8-10H2/t15-/m1/s1. The second-order valence-electron chi connectivity index (χ2n) is 4.25. The Morgan fingerprint density at radius 2 is 2.00 bits per heavy atom. The van der Waals surface area contributed by atoms with Crippen molar-refractivity contribution in [1.82, 2.24) is 4.90 Å². The number of benzene rings is 1. The molecule has 0 spiro atoms. The van der Waals surface area contributed by atoms with E-state index in [2.05, 4.69) is 16.7 Å². The average molecular weight is 225 g/mol. The summed E-state index contributed by atoms with van der Waals surface area (Å²) in [6.07, 6.45) is 12.8. The average Bonchev–Trinajstić information content (AvgIpc) is 2.71. The predicted molar refractivity (Wildman–Crippen MR) is 68.4 cm³/mol. The van der Waals surface area contributed by atoms with Gasteiger partial charge in [-0.25, -0.2) is 0 Å². The van der Waals surface area contributed by atoms with E-state index < -0.39 is 0 Å². The van der Waals surface area contributed by atoms with Gasteiger partial charge in [0, 0.05) is 6.04 Å². The van der Waals surface area contributed by atoms with Crippen LogP contribution in [0, 0.1) is 24.7 Å². The second kappa shape index (κ2) is 4.95. The van der Waals surface area contributed by atoms with Gasteiger partial charge in [-0.1, -0.05) is 17.9 Å². The Bertz CT molecular complexity index is 477. The molecule has 0 unspecified atom stereocenters. The number of phenols is 1.